The van der Waals surface area contributed by atoms with Crippen molar-refractivity contribution in [2.75, 3.05) is 11.9 Å². The van der Waals surface area contributed by atoms with Gasteiger partial charge in [0.2, 0.25) is 5.91 Å². The van der Waals surface area contributed by atoms with Gasteiger partial charge in [-0.15, -0.1) is 0 Å². The Morgan fingerprint density at radius 1 is 1.44 bits per heavy atom. The largest absolute Gasteiger partial charge is 0.491 e. The van der Waals surface area contributed by atoms with Crippen LogP contribution in [0.4, 0.5) is 5.69 Å². The highest BCUT2D eigenvalue weighted by atomic mass is 35.5. The lowest BCUT2D eigenvalue weighted by Crippen LogP contribution is -2.33. The average molecular weight is 364 g/mol. The summed E-state index contributed by atoms with van der Waals surface area (Å²) in [6.45, 7) is 4.50. The van der Waals surface area contributed by atoms with Crippen LogP contribution < -0.4 is 10.1 Å². The third-order valence-electron chi connectivity index (χ3n) is 3.96. The summed E-state index contributed by atoms with van der Waals surface area (Å²) in [7, 11) is 0. The van der Waals surface area contributed by atoms with Gasteiger partial charge in [0.05, 0.1) is 12.0 Å². The van der Waals surface area contributed by atoms with Crippen LogP contribution in [0.3, 0.4) is 0 Å². The first-order chi connectivity index (χ1) is 12.0. The number of amides is 1. The summed E-state index contributed by atoms with van der Waals surface area (Å²) in [5.74, 6) is 0.877. The van der Waals surface area contributed by atoms with Gasteiger partial charge in [0.1, 0.15) is 17.7 Å². The number of nitrogens with zero attached hydrogens (tertiary/aromatic N) is 1. The third kappa shape index (κ3) is 4.52. The quantitative estimate of drug-likeness (QED) is 0.843. The van der Waals surface area contributed by atoms with Crippen LogP contribution in [0.15, 0.2) is 30.6 Å². The number of anilines is 1. The molecular formula is C18H22ClN3O3. The third-order valence-corrected chi connectivity index (χ3v) is 4.18. The molecule has 7 heteroatoms. The molecule has 6 nitrogen and oxygen atoms in total. The van der Waals surface area contributed by atoms with Crippen molar-refractivity contribution < 1.29 is 14.3 Å². The molecule has 1 aliphatic rings. The van der Waals surface area contributed by atoms with Gasteiger partial charge < -0.3 is 19.8 Å². The SMILES string of the molecule is CC(C)Oc1cc(Cl)cc(NC(=O)[C@@H]2CCCO[C@H]2c2ncc[nH]2)c1. The molecular weight excluding hydrogens is 342 g/mol. The number of hydrogen-bond acceptors (Lipinski definition) is 4. The zero-order valence-electron chi connectivity index (χ0n) is 14.3. The topological polar surface area (TPSA) is 76.2 Å². The number of imidazole rings is 1. The molecule has 0 bridgehead atoms. The zero-order valence-corrected chi connectivity index (χ0v) is 15.0. The number of aromatic amines is 1. The van der Waals surface area contributed by atoms with Crippen molar-refractivity contribution >= 4 is 23.2 Å². The van der Waals surface area contributed by atoms with Gasteiger partial charge in [-0.2, -0.15) is 0 Å². The smallest absolute Gasteiger partial charge is 0.230 e. The fourth-order valence-electron chi connectivity index (χ4n) is 2.96. The maximum absolute atomic E-state index is 12.8. The number of rotatable bonds is 5. The molecule has 0 unspecified atom stereocenters. The summed E-state index contributed by atoms with van der Waals surface area (Å²) in [5, 5.41) is 3.44. The van der Waals surface area contributed by atoms with Gasteiger partial charge >= 0.3 is 0 Å². The molecule has 1 fully saturated rings. The Labute approximate surface area is 151 Å². The Morgan fingerprint density at radius 3 is 3.00 bits per heavy atom. The van der Waals surface area contributed by atoms with E-state index in [4.69, 9.17) is 21.1 Å². The molecule has 134 valence electrons. The second kappa shape index (κ2) is 7.89. The van der Waals surface area contributed by atoms with E-state index < -0.39 is 0 Å². The molecule has 1 aromatic carbocycles. The highest BCUT2D eigenvalue weighted by molar-refractivity contribution is 6.31. The Balaban J connectivity index is 1.75. The van der Waals surface area contributed by atoms with E-state index in [9.17, 15) is 4.79 Å². The maximum atomic E-state index is 12.8. The number of nitrogens with one attached hydrogen (secondary N) is 2. The van der Waals surface area contributed by atoms with E-state index in [-0.39, 0.29) is 24.0 Å². The predicted molar refractivity (Wildman–Crippen MR) is 95.9 cm³/mol. The van der Waals surface area contributed by atoms with Gasteiger partial charge in [-0.3, -0.25) is 4.79 Å². The fraction of sp³-hybridized carbons (Fsp3) is 0.444. The van der Waals surface area contributed by atoms with Crippen LogP contribution in [-0.4, -0.2) is 28.6 Å². The van der Waals surface area contributed by atoms with E-state index in [1.807, 2.05) is 13.8 Å². The minimum absolute atomic E-state index is 0.0251. The molecule has 2 aromatic rings. The Kier molecular flexibility index (Phi) is 5.60. The summed E-state index contributed by atoms with van der Waals surface area (Å²) in [6.07, 6.45) is 4.63. The van der Waals surface area contributed by atoms with Crippen LogP contribution in [0.2, 0.25) is 5.02 Å². The van der Waals surface area contributed by atoms with E-state index in [1.165, 1.54) is 0 Å². The second-order valence-corrected chi connectivity index (χ2v) is 6.78. The molecule has 1 aromatic heterocycles. The van der Waals surface area contributed by atoms with Crippen LogP contribution in [0.25, 0.3) is 0 Å². The lowest BCUT2D eigenvalue weighted by atomic mass is 9.92. The van der Waals surface area contributed by atoms with Gasteiger partial charge in [-0.1, -0.05) is 11.6 Å². The second-order valence-electron chi connectivity index (χ2n) is 6.35. The van der Waals surface area contributed by atoms with Crippen molar-refractivity contribution in [2.24, 2.45) is 5.92 Å². The molecule has 0 radical (unpaired) electrons. The first kappa shape index (κ1) is 17.8. The molecule has 0 saturated carbocycles. The Hall–Kier alpha value is -2.05. The lowest BCUT2D eigenvalue weighted by Gasteiger charge is -2.29. The fourth-order valence-corrected chi connectivity index (χ4v) is 3.19. The van der Waals surface area contributed by atoms with Crippen LogP contribution in [0, 0.1) is 5.92 Å². The van der Waals surface area contributed by atoms with Gasteiger partial charge in [0.15, 0.2) is 0 Å². The summed E-state index contributed by atoms with van der Waals surface area (Å²) in [6, 6.07) is 5.21. The molecule has 2 atom stereocenters. The average Bonchev–Trinajstić information content (AvgIpc) is 3.08. The van der Waals surface area contributed by atoms with Gasteiger partial charge in [-0.25, -0.2) is 4.98 Å². The monoisotopic (exact) mass is 363 g/mol. The highest BCUT2D eigenvalue weighted by Gasteiger charge is 2.34. The lowest BCUT2D eigenvalue weighted by molar-refractivity contribution is -0.129. The number of hydrogen-bond donors (Lipinski definition) is 2. The first-order valence-corrected chi connectivity index (χ1v) is 8.79. The minimum Gasteiger partial charge on any atom is -0.491 e. The summed E-state index contributed by atoms with van der Waals surface area (Å²) >= 11 is 6.14. The molecule has 0 spiro atoms. The van der Waals surface area contributed by atoms with Gasteiger partial charge in [-0.05, 0) is 38.8 Å². The van der Waals surface area contributed by atoms with Crippen molar-refractivity contribution in [1.82, 2.24) is 9.97 Å². The van der Waals surface area contributed by atoms with Gasteiger partial charge in [0, 0.05) is 35.8 Å². The number of ether oxygens (including phenoxy) is 2. The standard InChI is InChI=1S/C18H22ClN3O3/c1-11(2)25-14-9-12(19)8-13(10-14)22-18(23)15-4-3-7-24-16(15)17-20-5-6-21-17/h5-6,8-11,15-16H,3-4,7H2,1-2H3,(H,20,21)(H,22,23)/t15-,16-/m1/s1. The molecule has 2 N–H and O–H groups in total. The maximum Gasteiger partial charge on any atom is 0.230 e. The van der Waals surface area contributed by atoms with Crippen LogP contribution >= 0.6 is 11.6 Å². The normalized spacial score (nSPS) is 20.5. The zero-order chi connectivity index (χ0) is 17.8. The number of H-pyrrole nitrogens is 1. The van der Waals surface area contributed by atoms with Gasteiger partial charge in [0.25, 0.3) is 0 Å². The van der Waals surface area contributed by atoms with Crippen LogP contribution in [-0.2, 0) is 9.53 Å². The number of carbonyl (C=O) groups is 1. The molecule has 1 aliphatic heterocycles. The van der Waals surface area contributed by atoms with Crippen molar-refractivity contribution in [1.29, 1.82) is 0 Å². The van der Waals surface area contributed by atoms with Crippen LogP contribution in [0.1, 0.15) is 38.6 Å². The Bertz CT molecular complexity index is 718. The van der Waals surface area contributed by atoms with Crippen LogP contribution in [0.5, 0.6) is 5.75 Å². The van der Waals surface area contributed by atoms with Crippen molar-refractivity contribution in [3.63, 3.8) is 0 Å². The highest BCUT2D eigenvalue weighted by Crippen LogP contribution is 2.33. The number of aromatic nitrogens is 2. The van der Waals surface area contributed by atoms with E-state index in [0.29, 0.717) is 28.9 Å². The summed E-state index contributed by atoms with van der Waals surface area (Å²) in [4.78, 5) is 20.1. The van der Waals surface area contributed by atoms with Crippen molar-refractivity contribution in [2.45, 2.75) is 38.9 Å². The predicted octanol–water partition coefficient (Wildman–Crippen LogP) is 3.96. The van der Waals surface area contributed by atoms with E-state index in [2.05, 4.69) is 15.3 Å². The molecule has 25 heavy (non-hydrogen) atoms. The van der Waals surface area contributed by atoms with E-state index >= 15 is 0 Å². The molecule has 0 aliphatic carbocycles. The van der Waals surface area contributed by atoms with Crippen molar-refractivity contribution in [3.8, 4) is 5.75 Å². The number of benzene rings is 1. The summed E-state index contributed by atoms with van der Waals surface area (Å²) in [5.41, 5.74) is 0.608. The molecule has 1 saturated heterocycles. The number of halogens is 1. The first-order valence-electron chi connectivity index (χ1n) is 8.42. The molecule has 2 heterocycles. The van der Waals surface area contributed by atoms with E-state index in [1.54, 1.807) is 30.6 Å². The summed E-state index contributed by atoms with van der Waals surface area (Å²) < 4.78 is 11.5. The minimum atomic E-state index is -0.366. The van der Waals surface area contributed by atoms with Crippen molar-refractivity contribution in [3.05, 3.63) is 41.4 Å². The van der Waals surface area contributed by atoms with E-state index in [0.717, 1.165) is 12.8 Å². The number of carbonyl (C=O) groups excluding carboxylic acids is 1. The molecule has 3 rings (SSSR count). The Morgan fingerprint density at radius 2 is 2.28 bits per heavy atom. The molecule has 1 amide bonds.